The lowest BCUT2D eigenvalue weighted by atomic mass is 10.0. The number of nitrogens with zero attached hydrogens (tertiary/aromatic N) is 2. The van der Waals surface area contributed by atoms with Crippen LogP contribution < -0.4 is 5.32 Å². The molecule has 0 atom stereocenters. The third kappa shape index (κ3) is 5.07. The van der Waals surface area contributed by atoms with E-state index >= 15 is 0 Å². The molecule has 2 N–H and O–H groups in total. The Kier molecular flexibility index (Phi) is 6.07. The van der Waals surface area contributed by atoms with Crippen molar-refractivity contribution in [2.45, 2.75) is 39.5 Å². The molecule has 0 aliphatic heterocycles. The molecule has 1 heterocycles. The highest BCUT2D eigenvalue weighted by Crippen LogP contribution is 2.21. The highest BCUT2D eigenvalue weighted by Gasteiger charge is 2.13. The Morgan fingerprint density at radius 3 is 2.52 bits per heavy atom. The number of rotatable bonds is 7. The van der Waals surface area contributed by atoms with Crippen LogP contribution in [0.3, 0.4) is 0 Å². The van der Waals surface area contributed by atoms with Gasteiger partial charge in [0.1, 0.15) is 0 Å². The first-order chi connectivity index (χ1) is 13.8. The molecule has 0 unspecified atom stereocenters. The Morgan fingerprint density at radius 2 is 1.86 bits per heavy atom. The molecular formula is C22H23N3O4. The number of amides is 1. The van der Waals surface area contributed by atoms with Crippen LogP contribution in [-0.4, -0.2) is 27.1 Å². The Balaban J connectivity index is 1.60. The summed E-state index contributed by atoms with van der Waals surface area (Å²) in [5.74, 6) is 0.0139. The van der Waals surface area contributed by atoms with E-state index in [1.54, 1.807) is 13.0 Å². The van der Waals surface area contributed by atoms with Gasteiger partial charge in [-0.15, -0.1) is 0 Å². The van der Waals surface area contributed by atoms with Crippen LogP contribution in [0.2, 0.25) is 0 Å². The van der Waals surface area contributed by atoms with E-state index in [1.165, 1.54) is 17.7 Å². The molecule has 0 saturated heterocycles. The lowest BCUT2D eigenvalue weighted by molar-refractivity contribution is -0.116. The van der Waals surface area contributed by atoms with Crippen LogP contribution >= 0.6 is 0 Å². The summed E-state index contributed by atoms with van der Waals surface area (Å²) in [5.41, 5.74) is 3.47. The minimum atomic E-state index is -1.04. The molecule has 0 fully saturated rings. The highest BCUT2D eigenvalue weighted by molar-refractivity contribution is 5.94. The van der Waals surface area contributed by atoms with Gasteiger partial charge in [0.05, 0.1) is 5.56 Å². The average molecular weight is 393 g/mol. The topological polar surface area (TPSA) is 105 Å². The van der Waals surface area contributed by atoms with Crippen molar-refractivity contribution in [2.75, 3.05) is 5.32 Å². The van der Waals surface area contributed by atoms with Crippen LogP contribution in [0.5, 0.6) is 0 Å². The predicted molar refractivity (Wildman–Crippen MR) is 109 cm³/mol. The van der Waals surface area contributed by atoms with E-state index in [0.717, 1.165) is 11.1 Å². The molecule has 2 aromatic carbocycles. The van der Waals surface area contributed by atoms with Crippen LogP contribution in [0, 0.1) is 6.92 Å². The molecule has 1 amide bonds. The van der Waals surface area contributed by atoms with Gasteiger partial charge in [-0.2, -0.15) is 4.98 Å². The maximum Gasteiger partial charge on any atom is 0.335 e. The fraction of sp³-hybridized carbons (Fsp3) is 0.273. The summed E-state index contributed by atoms with van der Waals surface area (Å²) in [5, 5.41) is 15.8. The first-order valence-electron chi connectivity index (χ1n) is 9.40. The molecule has 7 nitrogen and oxygen atoms in total. The molecule has 1 aromatic heterocycles. The second-order valence-electron chi connectivity index (χ2n) is 7.17. The monoisotopic (exact) mass is 393 g/mol. The largest absolute Gasteiger partial charge is 0.478 e. The molecule has 0 bridgehead atoms. The first-order valence-corrected chi connectivity index (χ1v) is 9.40. The SMILES string of the molecule is Cc1ccc(C(=O)O)cc1NC(=O)CCc1nc(-c2ccc(C(C)C)cc2)no1. The fourth-order valence-corrected chi connectivity index (χ4v) is 2.81. The second kappa shape index (κ2) is 8.68. The van der Waals surface area contributed by atoms with Gasteiger partial charge in [0.15, 0.2) is 0 Å². The van der Waals surface area contributed by atoms with Gasteiger partial charge in [0.2, 0.25) is 17.6 Å². The molecule has 0 spiro atoms. The summed E-state index contributed by atoms with van der Waals surface area (Å²) < 4.78 is 5.25. The second-order valence-corrected chi connectivity index (χ2v) is 7.17. The standard InChI is InChI=1S/C22H23N3O4/c1-13(2)15-6-8-16(9-7-15)21-24-20(29-25-21)11-10-19(26)23-18-12-17(22(27)28)5-4-14(18)3/h4-9,12-13H,10-11H2,1-3H3,(H,23,26)(H,27,28). The van der Waals surface area contributed by atoms with Crippen molar-refractivity contribution < 1.29 is 19.2 Å². The van der Waals surface area contributed by atoms with Crippen LogP contribution in [0.1, 0.15) is 53.6 Å². The van der Waals surface area contributed by atoms with E-state index in [4.69, 9.17) is 9.63 Å². The maximum absolute atomic E-state index is 12.2. The zero-order valence-electron chi connectivity index (χ0n) is 16.6. The third-order valence-corrected chi connectivity index (χ3v) is 4.63. The van der Waals surface area contributed by atoms with Crippen molar-refractivity contribution in [2.24, 2.45) is 0 Å². The molecule has 0 saturated carbocycles. The summed E-state index contributed by atoms with van der Waals surface area (Å²) in [6, 6.07) is 12.6. The van der Waals surface area contributed by atoms with Crippen molar-refractivity contribution in [1.82, 2.24) is 10.1 Å². The molecule has 0 aliphatic carbocycles. The number of nitrogens with one attached hydrogen (secondary N) is 1. The maximum atomic E-state index is 12.2. The number of carboxylic acid groups (broad SMARTS) is 1. The number of aryl methyl sites for hydroxylation is 2. The molecule has 3 aromatic rings. The van der Waals surface area contributed by atoms with Crippen molar-refractivity contribution in [1.29, 1.82) is 0 Å². The number of carbonyl (C=O) groups excluding carboxylic acids is 1. The highest BCUT2D eigenvalue weighted by atomic mass is 16.5. The van der Waals surface area contributed by atoms with Crippen LogP contribution in [0.15, 0.2) is 47.0 Å². The lowest BCUT2D eigenvalue weighted by Gasteiger charge is -2.08. The molecule has 0 radical (unpaired) electrons. The van der Waals surface area contributed by atoms with Gasteiger partial charge >= 0.3 is 5.97 Å². The number of aromatic carboxylic acids is 1. The summed E-state index contributed by atoms with van der Waals surface area (Å²) in [4.78, 5) is 27.7. The van der Waals surface area contributed by atoms with Gasteiger partial charge in [-0.3, -0.25) is 4.79 Å². The van der Waals surface area contributed by atoms with E-state index in [2.05, 4.69) is 29.3 Å². The van der Waals surface area contributed by atoms with Crippen molar-refractivity contribution in [3.05, 3.63) is 65.0 Å². The van der Waals surface area contributed by atoms with Gasteiger partial charge in [0.25, 0.3) is 0 Å². The molecule has 3 rings (SSSR count). The number of carboxylic acids is 1. The van der Waals surface area contributed by atoms with Crippen LogP contribution in [0.4, 0.5) is 5.69 Å². The van der Waals surface area contributed by atoms with E-state index in [9.17, 15) is 9.59 Å². The zero-order valence-corrected chi connectivity index (χ0v) is 16.6. The van der Waals surface area contributed by atoms with Crippen LogP contribution in [0.25, 0.3) is 11.4 Å². The number of benzene rings is 2. The fourth-order valence-electron chi connectivity index (χ4n) is 2.81. The normalized spacial score (nSPS) is 10.9. The number of hydrogen-bond acceptors (Lipinski definition) is 5. The average Bonchev–Trinajstić information content (AvgIpc) is 3.17. The van der Waals surface area contributed by atoms with Gasteiger partial charge in [-0.25, -0.2) is 4.79 Å². The van der Waals surface area contributed by atoms with E-state index in [1.807, 2.05) is 24.3 Å². The Bertz CT molecular complexity index is 1020. The number of hydrogen-bond donors (Lipinski definition) is 2. The van der Waals surface area contributed by atoms with Crippen LogP contribution in [-0.2, 0) is 11.2 Å². The minimum absolute atomic E-state index is 0.121. The summed E-state index contributed by atoms with van der Waals surface area (Å²) >= 11 is 0. The van der Waals surface area contributed by atoms with Crippen molar-refractivity contribution in [3.63, 3.8) is 0 Å². The minimum Gasteiger partial charge on any atom is -0.478 e. The Morgan fingerprint density at radius 1 is 1.14 bits per heavy atom. The molecule has 0 aliphatic rings. The van der Waals surface area contributed by atoms with E-state index < -0.39 is 5.97 Å². The molecule has 150 valence electrons. The predicted octanol–water partition coefficient (Wildman–Crippen LogP) is 4.44. The lowest BCUT2D eigenvalue weighted by Crippen LogP contribution is -2.14. The van der Waals surface area contributed by atoms with Gasteiger partial charge < -0.3 is 14.9 Å². The summed E-state index contributed by atoms with van der Waals surface area (Å²) in [7, 11) is 0. The third-order valence-electron chi connectivity index (χ3n) is 4.63. The van der Waals surface area contributed by atoms with Gasteiger partial charge in [-0.1, -0.05) is 49.3 Å². The quantitative estimate of drug-likeness (QED) is 0.615. The zero-order chi connectivity index (χ0) is 21.0. The van der Waals surface area contributed by atoms with Gasteiger partial charge in [-0.05, 0) is 36.1 Å². The van der Waals surface area contributed by atoms with Crippen molar-refractivity contribution in [3.8, 4) is 11.4 Å². The van der Waals surface area contributed by atoms with Gasteiger partial charge in [0, 0.05) is 24.1 Å². The smallest absolute Gasteiger partial charge is 0.335 e. The Labute approximate surface area is 168 Å². The number of anilines is 1. The molecule has 7 heteroatoms. The first kappa shape index (κ1) is 20.3. The van der Waals surface area contributed by atoms with Crippen molar-refractivity contribution >= 4 is 17.6 Å². The van der Waals surface area contributed by atoms with E-state index in [-0.39, 0.29) is 17.9 Å². The summed E-state index contributed by atoms with van der Waals surface area (Å²) in [6.07, 6.45) is 0.436. The number of carbonyl (C=O) groups is 2. The molecular weight excluding hydrogens is 370 g/mol. The summed E-state index contributed by atoms with van der Waals surface area (Å²) in [6.45, 7) is 6.06. The van der Waals surface area contributed by atoms with E-state index in [0.29, 0.717) is 29.7 Å². The Hall–Kier alpha value is -3.48. The number of aromatic nitrogens is 2. The molecule has 29 heavy (non-hydrogen) atoms.